The molecule has 1 saturated heterocycles. The summed E-state index contributed by atoms with van der Waals surface area (Å²) < 4.78 is 5.28. The summed E-state index contributed by atoms with van der Waals surface area (Å²) in [5.74, 6) is -0.414. The maximum atomic E-state index is 12.1. The van der Waals surface area contributed by atoms with Crippen molar-refractivity contribution in [2.75, 3.05) is 32.8 Å². The molecule has 7 heteroatoms. The van der Waals surface area contributed by atoms with Crippen LogP contribution in [0.3, 0.4) is 0 Å². The van der Waals surface area contributed by atoms with Crippen LogP contribution in [0.15, 0.2) is 24.3 Å². The number of nitrogens with zero attached hydrogens (tertiary/aromatic N) is 2. The van der Waals surface area contributed by atoms with Gasteiger partial charge in [-0.15, -0.1) is 0 Å². The molecule has 1 aromatic carbocycles. The molecule has 0 radical (unpaired) electrons. The minimum absolute atomic E-state index is 0.0941. The van der Waals surface area contributed by atoms with Gasteiger partial charge in [0, 0.05) is 31.7 Å². The third-order valence-electron chi connectivity index (χ3n) is 3.57. The van der Waals surface area contributed by atoms with Crippen LogP contribution >= 0.6 is 0 Å². The average molecular weight is 293 g/mol. The Morgan fingerprint density at radius 1 is 1.43 bits per heavy atom. The third kappa shape index (κ3) is 3.99. The van der Waals surface area contributed by atoms with Crippen LogP contribution in [0, 0.1) is 10.1 Å². The lowest BCUT2D eigenvalue weighted by atomic mass is 10.1. The van der Waals surface area contributed by atoms with Gasteiger partial charge in [0.1, 0.15) is 5.56 Å². The van der Waals surface area contributed by atoms with E-state index in [0.29, 0.717) is 19.8 Å². The van der Waals surface area contributed by atoms with Gasteiger partial charge in [-0.1, -0.05) is 12.1 Å². The fourth-order valence-corrected chi connectivity index (χ4v) is 2.31. The topological polar surface area (TPSA) is 84.7 Å². The Bertz CT molecular complexity index is 515. The molecule has 1 amide bonds. The molecule has 21 heavy (non-hydrogen) atoms. The Balaban J connectivity index is 1.94. The van der Waals surface area contributed by atoms with Crippen molar-refractivity contribution in [2.24, 2.45) is 0 Å². The van der Waals surface area contributed by atoms with Crippen molar-refractivity contribution in [2.45, 2.75) is 13.0 Å². The molecule has 0 aromatic heterocycles. The van der Waals surface area contributed by atoms with Crippen LogP contribution in [0.1, 0.15) is 17.3 Å². The minimum atomic E-state index is -0.541. The number of hydrogen-bond acceptors (Lipinski definition) is 5. The van der Waals surface area contributed by atoms with Gasteiger partial charge in [-0.05, 0) is 13.0 Å². The number of nitro benzene ring substituents is 1. The Labute approximate surface area is 123 Å². The molecule has 1 N–H and O–H groups in total. The highest BCUT2D eigenvalue weighted by Gasteiger charge is 2.21. The Kier molecular flexibility index (Phi) is 5.24. The van der Waals surface area contributed by atoms with E-state index in [9.17, 15) is 14.9 Å². The van der Waals surface area contributed by atoms with Crippen molar-refractivity contribution in [3.63, 3.8) is 0 Å². The molecule has 0 bridgehead atoms. The monoisotopic (exact) mass is 293 g/mol. The van der Waals surface area contributed by atoms with Crippen LogP contribution in [0.5, 0.6) is 0 Å². The first-order valence-corrected chi connectivity index (χ1v) is 6.93. The highest BCUT2D eigenvalue weighted by atomic mass is 16.6. The quantitative estimate of drug-likeness (QED) is 0.648. The van der Waals surface area contributed by atoms with Crippen LogP contribution in [0.25, 0.3) is 0 Å². The second-order valence-corrected chi connectivity index (χ2v) is 4.98. The molecule has 1 atom stereocenters. The molecule has 114 valence electrons. The molecule has 0 saturated carbocycles. The van der Waals surface area contributed by atoms with Gasteiger partial charge in [0.25, 0.3) is 11.6 Å². The van der Waals surface area contributed by atoms with Gasteiger partial charge in [0.2, 0.25) is 0 Å². The van der Waals surface area contributed by atoms with E-state index < -0.39 is 10.8 Å². The largest absolute Gasteiger partial charge is 0.379 e. The Hall–Kier alpha value is -1.99. The molecular formula is C14H19N3O4. The first-order valence-electron chi connectivity index (χ1n) is 6.93. The number of hydrogen-bond donors (Lipinski definition) is 1. The molecule has 1 aromatic rings. The third-order valence-corrected chi connectivity index (χ3v) is 3.57. The zero-order valence-corrected chi connectivity index (χ0v) is 11.9. The van der Waals surface area contributed by atoms with Gasteiger partial charge < -0.3 is 10.1 Å². The van der Waals surface area contributed by atoms with Gasteiger partial charge >= 0.3 is 0 Å². The number of benzene rings is 1. The van der Waals surface area contributed by atoms with Crippen molar-refractivity contribution in [1.29, 1.82) is 0 Å². The van der Waals surface area contributed by atoms with Crippen molar-refractivity contribution >= 4 is 11.6 Å². The molecule has 2 rings (SSSR count). The van der Waals surface area contributed by atoms with E-state index in [1.54, 1.807) is 12.1 Å². The number of carbonyl (C=O) groups is 1. The fraction of sp³-hybridized carbons (Fsp3) is 0.500. The molecule has 1 fully saturated rings. The SMILES string of the molecule is C[C@H](CNC(=O)c1ccccc1[N+](=O)[O-])N1CCOCC1. The van der Waals surface area contributed by atoms with E-state index in [1.807, 2.05) is 6.92 Å². The molecule has 0 spiro atoms. The van der Waals surface area contributed by atoms with E-state index in [0.717, 1.165) is 13.1 Å². The number of nitrogens with one attached hydrogen (secondary N) is 1. The standard InChI is InChI=1S/C14H19N3O4/c1-11(16-6-8-21-9-7-16)10-15-14(18)12-4-2-3-5-13(12)17(19)20/h2-5,11H,6-10H2,1H3,(H,15,18)/t11-/m1/s1. The maximum Gasteiger partial charge on any atom is 0.282 e. The van der Waals surface area contributed by atoms with Crippen LogP contribution in [0.2, 0.25) is 0 Å². The second kappa shape index (κ2) is 7.14. The highest BCUT2D eigenvalue weighted by Crippen LogP contribution is 2.17. The molecule has 1 aliphatic rings. The van der Waals surface area contributed by atoms with E-state index in [4.69, 9.17) is 4.74 Å². The lowest BCUT2D eigenvalue weighted by Crippen LogP contribution is -2.47. The molecule has 1 aliphatic heterocycles. The molecule has 7 nitrogen and oxygen atoms in total. The van der Waals surface area contributed by atoms with Crippen LogP contribution < -0.4 is 5.32 Å². The molecule has 1 heterocycles. The highest BCUT2D eigenvalue weighted by molar-refractivity contribution is 5.98. The van der Waals surface area contributed by atoms with E-state index in [1.165, 1.54) is 12.1 Å². The maximum absolute atomic E-state index is 12.1. The summed E-state index contributed by atoms with van der Waals surface area (Å²) in [4.78, 5) is 24.7. The van der Waals surface area contributed by atoms with Gasteiger partial charge in [-0.2, -0.15) is 0 Å². The normalized spacial score (nSPS) is 17.2. The predicted molar refractivity (Wildman–Crippen MR) is 77.3 cm³/mol. The first kappa shape index (κ1) is 15.4. The lowest BCUT2D eigenvalue weighted by molar-refractivity contribution is -0.385. The number of nitro groups is 1. The molecular weight excluding hydrogens is 274 g/mol. The van der Waals surface area contributed by atoms with E-state index in [-0.39, 0.29) is 17.3 Å². The van der Waals surface area contributed by atoms with Crippen LogP contribution in [0.4, 0.5) is 5.69 Å². The van der Waals surface area contributed by atoms with Crippen molar-refractivity contribution in [3.8, 4) is 0 Å². The van der Waals surface area contributed by atoms with E-state index >= 15 is 0 Å². The number of rotatable bonds is 5. The zero-order chi connectivity index (χ0) is 15.2. The van der Waals surface area contributed by atoms with E-state index in [2.05, 4.69) is 10.2 Å². The minimum Gasteiger partial charge on any atom is -0.379 e. The summed E-state index contributed by atoms with van der Waals surface area (Å²) in [5, 5.41) is 13.7. The number of amides is 1. The van der Waals surface area contributed by atoms with Crippen LogP contribution in [-0.2, 0) is 4.74 Å². The number of ether oxygens (including phenoxy) is 1. The van der Waals surface area contributed by atoms with Crippen molar-refractivity contribution in [3.05, 3.63) is 39.9 Å². The fourth-order valence-electron chi connectivity index (χ4n) is 2.31. The predicted octanol–water partition coefficient (Wildman–Crippen LogP) is 1.05. The summed E-state index contributed by atoms with van der Waals surface area (Å²) in [6, 6.07) is 6.13. The van der Waals surface area contributed by atoms with Crippen LogP contribution in [-0.4, -0.2) is 54.6 Å². The molecule has 0 unspecified atom stereocenters. The first-order chi connectivity index (χ1) is 10.1. The Morgan fingerprint density at radius 2 is 2.10 bits per heavy atom. The summed E-state index contributed by atoms with van der Waals surface area (Å²) in [6.45, 7) is 5.53. The molecule has 0 aliphatic carbocycles. The van der Waals surface area contributed by atoms with Gasteiger partial charge in [-0.3, -0.25) is 19.8 Å². The van der Waals surface area contributed by atoms with Crippen molar-refractivity contribution in [1.82, 2.24) is 10.2 Å². The van der Waals surface area contributed by atoms with Gasteiger partial charge in [0.05, 0.1) is 18.1 Å². The number of carbonyl (C=O) groups excluding carboxylic acids is 1. The average Bonchev–Trinajstić information content (AvgIpc) is 2.53. The van der Waals surface area contributed by atoms with Crippen molar-refractivity contribution < 1.29 is 14.5 Å². The smallest absolute Gasteiger partial charge is 0.282 e. The van der Waals surface area contributed by atoms with Gasteiger partial charge in [-0.25, -0.2) is 0 Å². The number of para-hydroxylation sites is 1. The summed E-state index contributed by atoms with van der Waals surface area (Å²) in [7, 11) is 0. The second-order valence-electron chi connectivity index (χ2n) is 4.98. The summed E-state index contributed by atoms with van der Waals surface area (Å²) in [6.07, 6.45) is 0. The summed E-state index contributed by atoms with van der Waals surface area (Å²) in [5.41, 5.74) is -0.0781. The van der Waals surface area contributed by atoms with Gasteiger partial charge in [0.15, 0.2) is 0 Å². The number of morpholine rings is 1. The zero-order valence-electron chi connectivity index (χ0n) is 11.9. The summed E-state index contributed by atoms with van der Waals surface area (Å²) >= 11 is 0. The lowest BCUT2D eigenvalue weighted by Gasteiger charge is -2.32. The Morgan fingerprint density at radius 3 is 2.76 bits per heavy atom.